The van der Waals surface area contributed by atoms with Gasteiger partial charge in [-0.2, -0.15) is 0 Å². The van der Waals surface area contributed by atoms with E-state index in [1.54, 1.807) is 11.0 Å². The van der Waals surface area contributed by atoms with E-state index >= 15 is 0 Å². The Kier molecular flexibility index (Phi) is 7.09. The molecule has 1 saturated heterocycles. The third kappa shape index (κ3) is 5.13. The van der Waals surface area contributed by atoms with Crippen LogP contribution in [0.25, 0.3) is 0 Å². The summed E-state index contributed by atoms with van der Waals surface area (Å²) in [5, 5.41) is 2.82. The molecular formula is C22H31N3O3. The summed E-state index contributed by atoms with van der Waals surface area (Å²) in [6, 6.07) is 7.89. The monoisotopic (exact) mass is 385 g/mol. The maximum absolute atomic E-state index is 13.2. The van der Waals surface area contributed by atoms with Crippen LogP contribution in [0, 0.1) is 6.92 Å². The van der Waals surface area contributed by atoms with Crippen molar-refractivity contribution in [3.63, 3.8) is 0 Å². The first-order valence-electron chi connectivity index (χ1n) is 10.2. The largest absolute Gasteiger partial charge is 0.373 e. The second-order valence-corrected chi connectivity index (χ2v) is 7.68. The van der Waals surface area contributed by atoms with Crippen LogP contribution in [0.5, 0.6) is 0 Å². The minimum atomic E-state index is -0.168. The van der Waals surface area contributed by atoms with Crippen LogP contribution >= 0.6 is 0 Å². The Balaban J connectivity index is 1.68. The normalized spacial score (nSPS) is 20.0. The van der Waals surface area contributed by atoms with Crippen LogP contribution in [0.15, 0.2) is 36.9 Å². The highest BCUT2D eigenvalue weighted by atomic mass is 16.5. The molecule has 1 aliphatic carbocycles. The van der Waals surface area contributed by atoms with Crippen molar-refractivity contribution in [2.75, 3.05) is 32.8 Å². The summed E-state index contributed by atoms with van der Waals surface area (Å²) in [6.07, 6.45) is 5.88. The van der Waals surface area contributed by atoms with Crippen molar-refractivity contribution in [2.45, 2.75) is 44.8 Å². The SMILES string of the molecule is C=CCNC(=O)N1CCOC(CN(C(=O)c2ccc(C)cc2)C2CCCC2)C1. The number of nitrogens with one attached hydrogen (secondary N) is 1. The summed E-state index contributed by atoms with van der Waals surface area (Å²) in [4.78, 5) is 29.2. The van der Waals surface area contributed by atoms with E-state index in [2.05, 4.69) is 11.9 Å². The average molecular weight is 386 g/mol. The molecule has 1 atom stereocenters. The zero-order valence-corrected chi connectivity index (χ0v) is 16.7. The number of hydrogen-bond acceptors (Lipinski definition) is 3. The molecule has 1 saturated carbocycles. The lowest BCUT2D eigenvalue weighted by molar-refractivity contribution is -0.0321. The molecule has 28 heavy (non-hydrogen) atoms. The number of rotatable bonds is 6. The van der Waals surface area contributed by atoms with Gasteiger partial charge in [0.2, 0.25) is 0 Å². The number of benzene rings is 1. The molecule has 152 valence electrons. The molecule has 0 aromatic heterocycles. The first-order chi connectivity index (χ1) is 13.6. The van der Waals surface area contributed by atoms with Gasteiger partial charge in [-0.05, 0) is 31.9 Å². The summed E-state index contributed by atoms with van der Waals surface area (Å²) < 4.78 is 5.92. The predicted molar refractivity (Wildman–Crippen MR) is 109 cm³/mol. The summed E-state index contributed by atoms with van der Waals surface area (Å²) in [5.41, 5.74) is 1.86. The zero-order chi connectivity index (χ0) is 19.9. The van der Waals surface area contributed by atoms with E-state index in [0.717, 1.165) is 31.2 Å². The van der Waals surface area contributed by atoms with Gasteiger partial charge in [0.05, 0.1) is 19.3 Å². The van der Waals surface area contributed by atoms with E-state index in [1.165, 1.54) is 0 Å². The van der Waals surface area contributed by atoms with Gasteiger partial charge in [-0.1, -0.05) is 36.6 Å². The van der Waals surface area contributed by atoms with E-state index in [-0.39, 0.29) is 24.1 Å². The smallest absolute Gasteiger partial charge is 0.317 e. The van der Waals surface area contributed by atoms with Gasteiger partial charge in [0.25, 0.3) is 5.91 Å². The fourth-order valence-corrected chi connectivity index (χ4v) is 3.98. The Bertz CT molecular complexity index is 683. The third-order valence-corrected chi connectivity index (χ3v) is 5.55. The first-order valence-corrected chi connectivity index (χ1v) is 10.2. The van der Waals surface area contributed by atoms with E-state index in [4.69, 9.17) is 4.74 Å². The molecule has 1 unspecified atom stereocenters. The number of nitrogens with zero attached hydrogens (tertiary/aromatic N) is 2. The van der Waals surface area contributed by atoms with Crippen LogP contribution in [-0.2, 0) is 4.74 Å². The maximum atomic E-state index is 13.2. The number of ether oxygens (including phenoxy) is 1. The number of amides is 3. The molecular weight excluding hydrogens is 354 g/mol. The number of morpholine rings is 1. The first kappa shape index (κ1) is 20.4. The topological polar surface area (TPSA) is 61.9 Å². The van der Waals surface area contributed by atoms with E-state index in [0.29, 0.717) is 38.3 Å². The van der Waals surface area contributed by atoms with Gasteiger partial charge in [-0.3, -0.25) is 4.79 Å². The molecule has 3 amide bonds. The van der Waals surface area contributed by atoms with Crippen molar-refractivity contribution < 1.29 is 14.3 Å². The fraction of sp³-hybridized carbons (Fsp3) is 0.545. The summed E-state index contributed by atoms with van der Waals surface area (Å²) in [6.45, 7) is 8.16. The number of hydrogen-bond donors (Lipinski definition) is 1. The van der Waals surface area contributed by atoms with Crippen LogP contribution in [0.3, 0.4) is 0 Å². The van der Waals surface area contributed by atoms with E-state index in [1.807, 2.05) is 36.1 Å². The lowest BCUT2D eigenvalue weighted by Gasteiger charge is -2.37. The molecule has 1 aliphatic heterocycles. The minimum Gasteiger partial charge on any atom is -0.373 e. The predicted octanol–water partition coefficient (Wildman–Crippen LogP) is 2.98. The van der Waals surface area contributed by atoms with Gasteiger partial charge < -0.3 is 19.9 Å². The molecule has 0 bridgehead atoms. The molecule has 2 fully saturated rings. The number of carbonyl (C=O) groups is 2. The Morgan fingerprint density at radius 2 is 2.00 bits per heavy atom. The van der Waals surface area contributed by atoms with Gasteiger partial charge >= 0.3 is 6.03 Å². The van der Waals surface area contributed by atoms with Crippen molar-refractivity contribution in [3.8, 4) is 0 Å². The highest BCUT2D eigenvalue weighted by molar-refractivity contribution is 5.94. The molecule has 1 heterocycles. The van der Waals surface area contributed by atoms with Gasteiger partial charge in [0, 0.05) is 31.2 Å². The van der Waals surface area contributed by atoms with E-state index < -0.39 is 0 Å². The molecule has 0 spiro atoms. The van der Waals surface area contributed by atoms with E-state index in [9.17, 15) is 9.59 Å². The second kappa shape index (κ2) is 9.73. The van der Waals surface area contributed by atoms with Crippen molar-refractivity contribution in [3.05, 3.63) is 48.0 Å². The zero-order valence-electron chi connectivity index (χ0n) is 16.7. The lowest BCUT2D eigenvalue weighted by atomic mass is 10.1. The lowest BCUT2D eigenvalue weighted by Crippen LogP contribution is -2.54. The van der Waals surface area contributed by atoms with Gasteiger partial charge in [-0.25, -0.2) is 4.79 Å². The summed E-state index contributed by atoms with van der Waals surface area (Å²) >= 11 is 0. The number of urea groups is 1. The average Bonchev–Trinajstić information content (AvgIpc) is 3.25. The standard InChI is InChI=1S/C22H31N3O3/c1-3-12-23-22(27)24-13-14-28-20(15-24)16-25(19-6-4-5-7-19)21(26)18-10-8-17(2)9-11-18/h3,8-11,19-20H,1,4-7,12-16H2,2H3,(H,23,27). The van der Waals surface area contributed by atoms with Crippen molar-refractivity contribution in [1.82, 2.24) is 15.1 Å². The third-order valence-electron chi connectivity index (χ3n) is 5.55. The van der Waals surface area contributed by atoms with Crippen LogP contribution in [0.2, 0.25) is 0 Å². The Morgan fingerprint density at radius 3 is 2.68 bits per heavy atom. The highest BCUT2D eigenvalue weighted by Crippen LogP contribution is 2.26. The highest BCUT2D eigenvalue weighted by Gasteiger charge is 2.32. The van der Waals surface area contributed by atoms with Gasteiger partial charge in [-0.15, -0.1) is 6.58 Å². The quantitative estimate of drug-likeness (QED) is 0.766. The van der Waals surface area contributed by atoms with Crippen LogP contribution in [0.4, 0.5) is 4.79 Å². The van der Waals surface area contributed by atoms with Crippen LogP contribution in [-0.4, -0.2) is 66.7 Å². The van der Waals surface area contributed by atoms with Crippen molar-refractivity contribution >= 4 is 11.9 Å². The number of aryl methyl sites for hydroxylation is 1. The summed E-state index contributed by atoms with van der Waals surface area (Å²) in [7, 11) is 0. The molecule has 1 aromatic rings. The molecule has 6 nitrogen and oxygen atoms in total. The van der Waals surface area contributed by atoms with Crippen LogP contribution in [0.1, 0.15) is 41.6 Å². The molecule has 1 N–H and O–H groups in total. The van der Waals surface area contributed by atoms with Gasteiger partial charge in [0.15, 0.2) is 0 Å². The van der Waals surface area contributed by atoms with Crippen LogP contribution < -0.4 is 5.32 Å². The number of carbonyl (C=O) groups excluding carboxylic acids is 2. The van der Waals surface area contributed by atoms with Crippen molar-refractivity contribution in [1.29, 1.82) is 0 Å². The second-order valence-electron chi connectivity index (χ2n) is 7.68. The molecule has 2 aliphatic rings. The molecule has 0 radical (unpaired) electrons. The molecule has 3 rings (SSSR count). The van der Waals surface area contributed by atoms with Crippen molar-refractivity contribution in [2.24, 2.45) is 0 Å². The molecule has 6 heteroatoms. The fourth-order valence-electron chi connectivity index (χ4n) is 3.98. The minimum absolute atomic E-state index is 0.0590. The Hall–Kier alpha value is -2.34. The Morgan fingerprint density at radius 1 is 1.29 bits per heavy atom. The summed E-state index contributed by atoms with van der Waals surface area (Å²) in [5.74, 6) is 0.0590. The molecule has 1 aromatic carbocycles. The van der Waals surface area contributed by atoms with Gasteiger partial charge in [0.1, 0.15) is 0 Å². The maximum Gasteiger partial charge on any atom is 0.317 e. The Labute approximate surface area is 167 Å².